The topological polar surface area (TPSA) is 0 Å². The van der Waals surface area contributed by atoms with Crippen molar-refractivity contribution in [2.75, 3.05) is 6.16 Å². The zero-order valence-corrected chi connectivity index (χ0v) is 11.7. The molecular weight excluding hydrogens is 230 g/mol. The van der Waals surface area contributed by atoms with Crippen LogP contribution in [0.5, 0.6) is 0 Å². The van der Waals surface area contributed by atoms with Crippen molar-refractivity contribution in [1.29, 1.82) is 0 Å². The van der Waals surface area contributed by atoms with Gasteiger partial charge in [-0.05, 0) is 16.8 Å². The van der Waals surface area contributed by atoms with Gasteiger partial charge in [0.05, 0.1) is 0 Å². The van der Waals surface area contributed by atoms with Crippen LogP contribution in [0.25, 0.3) is 0 Å². The van der Waals surface area contributed by atoms with Crippen molar-refractivity contribution in [3.8, 4) is 0 Å². The highest BCUT2D eigenvalue weighted by Crippen LogP contribution is 2.08. The Bertz CT molecular complexity index is 333. The molecule has 0 nitrogen and oxygen atoms in total. The Morgan fingerprint density at radius 2 is 1.12 bits per heavy atom. The van der Waals surface area contributed by atoms with Crippen LogP contribution in [0.3, 0.4) is 0 Å². The van der Waals surface area contributed by atoms with Gasteiger partial charge in [0, 0.05) is 0 Å². The largest absolute Gasteiger partial charge is 0.138 e. The smallest absolute Gasteiger partial charge is 0.0226 e. The van der Waals surface area contributed by atoms with Gasteiger partial charge in [-0.2, -0.15) is 0 Å². The van der Waals surface area contributed by atoms with Crippen molar-refractivity contribution in [2.24, 2.45) is 0 Å². The van der Waals surface area contributed by atoms with Gasteiger partial charge in [-0.25, -0.2) is 0 Å². The molecule has 2 rings (SSSR count). The number of hydrogen-bond donors (Lipinski definition) is 0. The highest BCUT2D eigenvalue weighted by molar-refractivity contribution is 7.55. The van der Waals surface area contributed by atoms with E-state index in [2.05, 4.69) is 76.8 Å². The molecule has 2 aromatic rings. The van der Waals surface area contributed by atoms with Gasteiger partial charge < -0.3 is 0 Å². The Balaban J connectivity index is 0.000000386. The molecule has 0 aliphatic rings. The Labute approximate surface area is 102 Å². The standard InChI is InChI=1S/C12H11P.C2H7P/c1-3-7-11(8-4-1)13-12-9-5-2-6-10-12;1-2-3/h1-10,13H;2-3H2,1H3. The molecule has 2 aromatic carbocycles. The van der Waals surface area contributed by atoms with E-state index >= 15 is 0 Å². The second kappa shape index (κ2) is 8.45. The zero-order valence-electron chi connectivity index (χ0n) is 9.56. The molecule has 0 saturated heterocycles. The first-order chi connectivity index (χ1) is 7.86. The normalized spacial score (nSPS) is 9.12. The summed E-state index contributed by atoms with van der Waals surface area (Å²) in [5.41, 5.74) is 0. The van der Waals surface area contributed by atoms with Crippen LogP contribution in [-0.4, -0.2) is 6.16 Å². The molecule has 0 heterocycles. The molecule has 84 valence electrons. The van der Waals surface area contributed by atoms with Crippen LogP contribution in [0, 0.1) is 0 Å². The quantitative estimate of drug-likeness (QED) is 0.716. The van der Waals surface area contributed by atoms with E-state index in [1.807, 2.05) is 0 Å². The van der Waals surface area contributed by atoms with Crippen molar-refractivity contribution < 1.29 is 0 Å². The first kappa shape index (κ1) is 13.4. The molecule has 0 saturated carbocycles. The van der Waals surface area contributed by atoms with E-state index in [0.29, 0.717) is 0 Å². The zero-order chi connectivity index (χ0) is 11.6. The summed E-state index contributed by atoms with van der Waals surface area (Å²) < 4.78 is 0. The van der Waals surface area contributed by atoms with Crippen molar-refractivity contribution in [1.82, 2.24) is 0 Å². The van der Waals surface area contributed by atoms with Gasteiger partial charge in [-0.3, -0.25) is 0 Å². The van der Waals surface area contributed by atoms with Crippen molar-refractivity contribution in [3.63, 3.8) is 0 Å². The first-order valence-electron chi connectivity index (χ1n) is 5.44. The number of benzene rings is 2. The third-order valence-corrected chi connectivity index (χ3v) is 3.08. The molecule has 2 heteroatoms. The number of rotatable bonds is 2. The molecule has 16 heavy (non-hydrogen) atoms. The molecule has 0 N–H and O–H groups in total. The minimum atomic E-state index is 0.777. The van der Waals surface area contributed by atoms with Crippen LogP contribution in [-0.2, 0) is 0 Å². The van der Waals surface area contributed by atoms with Crippen LogP contribution in [0.4, 0.5) is 0 Å². The highest BCUT2D eigenvalue weighted by Gasteiger charge is 1.92. The maximum absolute atomic E-state index is 2.58. The monoisotopic (exact) mass is 248 g/mol. The average Bonchev–Trinajstić information content (AvgIpc) is 2.33. The second-order valence-electron chi connectivity index (χ2n) is 3.27. The summed E-state index contributed by atoms with van der Waals surface area (Å²) in [6, 6.07) is 21.2. The van der Waals surface area contributed by atoms with E-state index in [-0.39, 0.29) is 0 Å². The first-order valence-corrected chi connectivity index (χ1v) is 7.25. The van der Waals surface area contributed by atoms with E-state index in [1.54, 1.807) is 0 Å². The van der Waals surface area contributed by atoms with Crippen molar-refractivity contribution in [2.45, 2.75) is 6.92 Å². The van der Waals surface area contributed by atoms with Crippen molar-refractivity contribution in [3.05, 3.63) is 60.7 Å². The van der Waals surface area contributed by atoms with E-state index in [0.717, 1.165) is 8.58 Å². The third-order valence-electron chi connectivity index (χ3n) is 1.84. The molecule has 1 atom stereocenters. The summed E-state index contributed by atoms with van der Waals surface area (Å²) in [6.45, 7) is 2.09. The summed E-state index contributed by atoms with van der Waals surface area (Å²) in [5.74, 6) is 0. The molecular formula is C14H18P2. The van der Waals surface area contributed by atoms with E-state index in [9.17, 15) is 0 Å². The van der Waals surface area contributed by atoms with Crippen LogP contribution in [0.1, 0.15) is 6.92 Å². The van der Waals surface area contributed by atoms with Crippen LogP contribution in [0.2, 0.25) is 0 Å². The van der Waals surface area contributed by atoms with Gasteiger partial charge in [0.1, 0.15) is 0 Å². The molecule has 0 fully saturated rings. The predicted molar refractivity (Wildman–Crippen MR) is 80.7 cm³/mol. The Morgan fingerprint density at radius 1 is 0.812 bits per heavy atom. The molecule has 0 aromatic heterocycles. The molecule has 0 bridgehead atoms. The fraction of sp³-hybridized carbons (Fsp3) is 0.143. The van der Waals surface area contributed by atoms with Gasteiger partial charge in [0.25, 0.3) is 0 Å². The fourth-order valence-electron chi connectivity index (χ4n) is 1.21. The maximum Gasteiger partial charge on any atom is -0.0226 e. The molecule has 0 aliphatic carbocycles. The van der Waals surface area contributed by atoms with Crippen molar-refractivity contribution >= 4 is 28.4 Å². The molecule has 0 amide bonds. The molecule has 0 spiro atoms. The van der Waals surface area contributed by atoms with Gasteiger partial charge in [-0.1, -0.05) is 76.2 Å². The fourth-order valence-corrected chi connectivity index (χ4v) is 2.26. The van der Waals surface area contributed by atoms with Crippen LogP contribution < -0.4 is 10.6 Å². The SMILES string of the molecule is CCP.c1ccc(Pc2ccccc2)cc1. The summed E-state index contributed by atoms with van der Waals surface area (Å²) in [4.78, 5) is 0. The van der Waals surface area contributed by atoms with Gasteiger partial charge in [0.15, 0.2) is 0 Å². The van der Waals surface area contributed by atoms with E-state index in [1.165, 1.54) is 16.8 Å². The Hall–Kier alpha value is -0.700. The summed E-state index contributed by atoms with van der Waals surface area (Å²) >= 11 is 0. The van der Waals surface area contributed by atoms with Crippen LogP contribution >= 0.6 is 17.8 Å². The Kier molecular flexibility index (Phi) is 7.06. The van der Waals surface area contributed by atoms with E-state index in [4.69, 9.17) is 0 Å². The average molecular weight is 248 g/mol. The lowest BCUT2D eigenvalue weighted by Gasteiger charge is -2.00. The Morgan fingerprint density at radius 3 is 1.44 bits per heavy atom. The van der Waals surface area contributed by atoms with Gasteiger partial charge >= 0.3 is 0 Å². The third kappa shape index (κ3) is 5.40. The summed E-state index contributed by atoms with van der Waals surface area (Å²) in [6.07, 6.45) is 1.17. The lowest BCUT2D eigenvalue weighted by atomic mass is 10.4. The number of hydrogen-bond acceptors (Lipinski definition) is 0. The highest BCUT2D eigenvalue weighted by atomic mass is 31.1. The second-order valence-corrected chi connectivity index (χ2v) is 5.49. The lowest BCUT2D eigenvalue weighted by molar-refractivity contribution is 1.53. The molecule has 0 radical (unpaired) electrons. The van der Waals surface area contributed by atoms with Gasteiger partial charge in [-0.15, -0.1) is 9.24 Å². The lowest BCUT2D eigenvalue weighted by Crippen LogP contribution is -2.01. The maximum atomic E-state index is 2.58. The minimum Gasteiger partial charge on any atom is -0.138 e. The predicted octanol–water partition coefficient (Wildman–Crippen LogP) is 3.20. The minimum absolute atomic E-state index is 0.777. The molecule has 0 aliphatic heterocycles. The summed E-state index contributed by atoms with van der Waals surface area (Å²) in [5, 5.41) is 2.79. The molecule has 1 unspecified atom stereocenters. The van der Waals surface area contributed by atoms with E-state index < -0.39 is 0 Å². The summed E-state index contributed by atoms with van der Waals surface area (Å²) in [7, 11) is 3.36. The van der Waals surface area contributed by atoms with Gasteiger partial charge in [0.2, 0.25) is 0 Å². The van der Waals surface area contributed by atoms with Crippen LogP contribution in [0.15, 0.2) is 60.7 Å².